The molecule has 0 saturated carbocycles. The topological polar surface area (TPSA) is 30.7 Å². The molecule has 0 aliphatic carbocycles. The molecule has 2 aromatic heterocycles. The lowest BCUT2D eigenvalue weighted by molar-refractivity contribution is 0.798. The number of rotatable bonds is 2. The summed E-state index contributed by atoms with van der Waals surface area (Å²) in [5.41, 5.74) is 2.78. The fourth-order valence-corrected chi connectivity index (χ4v) is 2.21. The molecule has 1 aromatic carbocycles. The van der Waals surface area contributed by atoms with Crippen LogP contribution >= 0.6 is 23.2 Å². The molecule has 0 atom stereocenters. The summed E-state index contributed by atoms with van der Waals surface area (Å²) in [5, 5.41) is 1.09. The Bertz CT molecular complexity index is 689. The molecule has 3 aromatic rings. The lowest BCUT2D eigenvalue weighted by Crippen LogP contribution is -2.01. The van der Waals surface area contributed by atoms with Crippen LogP contribution in [-0.2, 0) is 6.54 Å². The molecule has 3 rings (SSSR count). The van der Waals surface area contributed by atoms with Gasteiger partial charge in [0.15, 0.2) is 0 Å². The zero-order valence-corrected chi connectivity index (χ0v) is 10.9. The summed E-state index contributed by atoms with van der Waals surface area (Å²) in [5.74, 6) is 0. The smallest absolute Gasteiger partial charge is 0.204 e. The van der Waals surface area contributed by atoms with Crippen LogP contribution in [0.4, 0.5) is 0 Å². The summed E-state index contributed by atoms with van der Waals surface area (Å²) in [6.07, 6.45) is 1.63. The summed E-state index contributed by atoms with van der Waals surface area (Å²) in [6.45, 7) is 0.580. The van der Waals surface area contributed by atoms with Crippen molar-refractivity contribution in [1.29, 1.82) is 0 Å². The number of hydrogen-bond acceptors (Lipinski definition) is 2. The molecule has 0 N–H and O–H groups in total. The third kappa shape index (κ3) is 2.07. The molecule has 5 heteroatoms. The van der Waals surface area contributed by atoms with Crippen molar-refractivity contribution >= 4 is 34.2 Å². The maximum absolute atomic E-state index is 6.15. The van der Waals surface area contributed by atoms with E-state index in [0.717, 1.165) is 16.7 Å². The van der Waals surface area contributed by atoms with Crippen molar-refractivity contribution in [1.82, 2.24) is 14.5 Å². The molecule has 0 fully saturated rings. The average molecular weight is 278 g/mol. The first-order valence-electron chi connectivity index (χ1n) is 5.45. The van der Waals surface area contributed by atoms with Crippen molar-refractivity contribution in [2.24, 2.45) is 0 Å². The van der Waals surface area contributed by atoms with E-state index in [9.17, 15) is 0 Å². The number of nitrogens with zero attached hydrogens (tertiary/aromatic N) is 3. The van der Waals surface area contributed by atoms with E-state index in [2.05, 4.69) is 9.97 Å². The minimum absolute atomic E-state index is 0.466. The zero-order chi connectivity index (χ0) is 12.5. The largest absolute Gasteiger partial charge is 0.309 e. The highest BCUT2D eigenvalue weighted by atomic mass is 35.5. The van der Waals surface area contributed by atoms with Gasteiger partial charge in [0.05, 0.1) is 28.3 Å². The molecule has 0 aliphatic rings. The highest BCUT2D eigenvalue weighted by Crippen LogP contribution is 2.20. The van der Waals surface area contributed by atoms with E-state index in [0.29, 0.717) is 16.9 Å². The minimum Gasteiger partial charge on any atom is -0.309 e. The lowest BCUT2D eigenvalue weighted by atomic mass is 10.3. The molecule has 0 radical (unpaired) electrons. The summed E-state index contributed by atoms with van der Waals surface area (Å²) in [6, 6.07) is 11.5. The third-order valence-electron chi connectivity index (χ3n) is 2.72. The number of hydrogen-bond donors (Lipinski definition) is 0. The lowest BCUT2D eigenvalue weighted by Gasteiger charge is -2.05. The van der Waals surface area contributed by atoms with Gasteiger partial charge in [-0.05, 0) is 35.9 Å². The van der Waals surface area contributed by atoms with E-state index in [4.69, 9.17) is 23.2 Å². The van der Waals surface area contributed by atoms with Gasteiger partial charge in [-0.3, -0.25) is 4.98 Å². The molecule has 90 valence electrons. The van der Waals surface area contributed by atoms with Gasteiger partial charge in [0.25, 0.3) is 0 Å². The Kier molecular flexibility index (Phi) is 2.94. The Labute approximate surface area is 114 Å². The molecular formula is C13H9Cl2N3. The Morgan fingerprint density at radius 3 is 2.67 bits per heavy atom. The summed E-state index contributed by atoms with van der Waals surface area (Å²) < 4.78 is 1.92. The summed E-state index contributed by atoms with van der Waals surface area (Å²) >= 11 is 12.0. The molecule has 0 unspecified atom stereocenters. The molecule has 0 spiro atoms. The average Bonchev–Trinajstić information content (AvgIpc) is 2.69. The van der Waals surface area contributed by atoms with Gasteiger partial charge >= 0.3 is 0 Å². The second-order valence-corrected chi connectivity index (χ2v) is 4.70. The first-order chi connectivity index (χ1) is 8.74. The quantitative estimate of drug-likeness (QED) is 0.714. The molecule has 18 heavy (non-hydrogen) atoms. The van der Waals surface area contributed by atoms with Gasteiger partial charge in [0.1, 0.15) is 0 Å². The van der Waals surface area contributed by atoms with Crippen LogP contribution in [0.25, 0.3) is 11.0 Å². The number of fused-ring (bicyclic) bond motifs is 1. The Hall–Kier alpha value is -1.58. The highest BCUT2D eigenvalue weighted by Gasteiger charge is 2.08. The molecule has 0 saturated heterocycles. The van der Waals surface area contributed by atoms with Crippen LogP contribution in [0, 0.1) is 0 Å². The molecule has 3 nitrogen and oxygen atoms in total. The second kappa shape index (κ2) is 4.59. The van der Waals surface area contributed by atoms with Crippen LogP contribution in [0.3, 0.4) is 0 Å². The maximum atomic E-state index is 6.15. The van der Waals surface area contributed by atoms with Gasteiger partial charge in [0.2, 0.25) is 5.28 Å². The SMILES string of the molecule is Clc1ccc(Cn2c(Cl)nc3ccccc32)nc1. The Balaban J connectivity index is 2.04. The van der Waals surface area contributed by atoms with Gasteiger partial charge in [0, 0.05) is 6.20 Å². The fraction of sp³-hybridized carbons (Fsp3) is 0.0769. The van der Waals surface area contributed by atoms with Crippen molar-refractivity contribution < 1.29 is 0 Å². The van der Waals surface area contributed by atoms with Gasteiger partial charge in [-0.2, -0.15) is 0 Å². The first-order valence-corrected chi connectivity index (χ1v) is 6.21. The molecule has 0 aliphatic heterocycles. The summed E-state index contributed by atoms with van der Waals surface area (Å²) in [7, 11) is 0. The van der Waals surface area contributed by atoms with Gasteiger partial charge in [-0.1, -0.05) is 23.7 Å². The van der Waals surface area contributed by atoms with Gasteiger partial charge in [-0.25, -0.2) is 4.98 Å². The summed E-state index contributed by atoms with van der Waals surface area (Å²) in [4.78, 5) is 8.56. The van der Waals surface area contributed by atoms with E-state index < -0.39 is 0 Å². The van der Waals surface area contributed by atoms with E-state index >= 15 is 0 Å². The molecular weight excluding hydrogens is 269 g/mol. The van der Waals surface area contributed by atoms with Crippen molar-refractivity contribution in [3.8, 4) is 0 Å². The number of imidazole rings is 1. The van der Waals surface area contributed by atoms with Gasteiger partial charge in [-0.15, -0.1) is 0 Å². The monoisotopic (exact) mass is 277 g/mol. The molecule has 2 heterocycles. The van der Waals surface area contributed by atoms with Crippen molar-refractivity contribution in [2.45, 2.75) is 6.54 Å². The minimum atomic E-state index is 0.466. The zero-order valence-electron chi connectivity index (χ0n) is 9.35. The normalized spacial score (nSPS) is 11.0. The van der Waals surface area contributed by atoms with E-state index in [1.54, 1.807) is 6.20 Å². The molecule has 0 amide bonds. The molecule has 0 bridgehead atoms. The fourth-order valence-electron chi connectivity index (χ4n) is 1.86. The Morgan fingerprint density at radius 2 is 1.89 bits per heavy atom. The van der Waals surface area contributed by atoms with Crippen LogP contribution < -0.4 is 0 Å². The first kappa shape index (κ1) is 11.5. The highest BCUT2D eigenvalue weighted by molar-refractivity contribution is 6.30. The standard InChI is InChI=1S/C13H9Cl2N3/c14-9-5-6-10(16-7-9)8-18-12-4-2-1-3-11(12)17-13(18)15/h1-7H,8H2. The predicted octanol–water partition coefficient (Wildman–Crippen LogP) is 3.79. The van der Waals surface area contributed by atoms with Crippen LogP contribution in [0.5, 0.6) is 0 Å². The van der Waals surface area contributed by atoms with E-state index in [1.807, 2.05) is 41.0 Å². The number of aromatic nitrogens is 3. The number of benzene rings is 1. The van der Waals surface area contributed by atoms with Crippen molar-refractivity contribution in [3.63, 3.8) is 0 Å². The van der Waals surface area contributed by atoms with Crippen molar-refractivity contribution in [2.75, 3.05) is 0 Å². The number of para-hydroxylation sites is 2. The Morgan fingerprint density at radius 1 is 1.06 bits per heavy atom. The van der Waals surface area contributed by atoms with Crippen LogP contribution in [0.2, 0.25) is 10.3 Å². The van der Waals surface area contributed by atoms with Crippen LogP contribution in [0.1, 0.15) is 5.69 Å². The predicted molar refractivity (Wildman–Crippen MR) is 73.1 cm³/mol. The number of halogens is 2. The second-order valence-electron chi connectivity index (χ2n) is 3.92. The van der Waals surface area contributed by atoms with E-state index in [-0.39, 0.29) is 0 Å². The van der Waals surface area contributed by atoms with Gasteiger partial charge < -0.3 is 4.57 Å². The van der Waals surface area contributed by atoms with Crippen LogP contribution in [0.15, 0.2) is 42.6 Å². The van der Waals surface area contributed by atoms with Crippen LogP contribution in [-0.4, -0.2) is 14.5 Å². The number of pyridine rings is 1. The third-order valence-corrected chi connectivity index (χ3v) is 3.23. The van der Waals surface area contributed by atoms with E-state index in [1.165, 1.54) is 0 Å². The van der Waals surface area contributed by atoms with Crippen molar-refractivity contribution in [3.05, 3.63) is 58.6 Å². The maximum Gasteiger partial charge on any atom is 0.204 e.